The number of hydrogen-bond donors (Lipinski definition) is 1. The van der Waals surface area contributed by atoms with E-state index in [4.69, 9.17) is 11.2 Å². The molecule has 24 heavy (non-hydrogen) atoms. The Morgan fingerprint density at radius 3 is 2.54 bits per heavy atom. The topological polar surface area (TPSA) is 46.5 Å². The maximum Gasteiger partial charge on any atom is 0.135 e. The number of carbonyl (C=O) groups excluding carboxylic acids is 1. The lowest BCUT2D eigenvalue weighted by atomic mass is 9.48. The molecular formula is C21H30O3. The summed E-state index contributed by atoms with van der Waals surface area (Å²) in [6.07, 6.45) is 14.1. The molecular weight excluding hydrogens is 300 g/mol. The van der Waals surface area contributed by atoms with Gasteiger partial charge >= 0.3 is 0 Å². The van der Waals surface area contributed by atoms with Gasteiger partial charge in [-0.3, -0.25) is 4.79 Å². The van der Waals surface area contributed by atoms with Crippen LogP contribution in [0.2, 0.25) is 0 Å². The summed E-state index contributed by atoms with van der Waals surface area (Å²) < 4.78 is 6.00. The molecule has 1 N–H and O–H groups in total. The van der Waals surface area contributed by atoms with Crippen molar-refractivity contribution in [1.29, 1.82) is 0 Å². The number of methoxy groups -OCH3 is 1. The predicted molar refractivity (Wildman–Crippen MR) is 92.1 cm³/mol. The van der Waals surface area contributed by atoms with E-state index in [0.717, 1.165) is 51.4 Å². The highest BCUT2D eigenvalue weighted by Crippen LogP contribution is 2.65. The monoisotopic (exact) mass is 330 g/mol. The zero-order chi connectivity index (χ0) is 17.2. The van der Waals surface area contributed by atoms with Gasteiger partial charge in [-0.05, 0) is 68.6 Å². The van der Waals surface area contributed by atoms with Crippen LogP contribution in [0.15, 0.2) is 0 Å². The summed E-state index contributed by atoms with van der Waals surface area (Å²) >= 11 is 0. The van der Waals surface area contributed by atoms with Gasteiger partial charge in [-0.1, -0.05) is 12.8 Å². The Kier molecular flexibility index (Phi) is 3.68. The minimum atomic E-state index is -0.930. The van der Waals surface area contributed by atoms with Crippen LogP contribution in [0, 0.1) is 41.4 Å². The molecule has 0 radical (unpaired) electrons. The van der Waals surface area contributed by atoms with Crippen molar-refractivity contribution in [3.8, 4) is 12.3 Å². The van der Waals surface area contributed by atoms with Crippen molar-refractivity contribution in [2.45, 2.75) is 75.9 Å². The Bertz CT molecular complexity index is 592. The summed E-state index contributed by atoms with van der Waals surface area (Å²) in [7, 11) is 1.80. The van der Waals surface area contributed by atoms with E-state index in [2.05, 4.69) is 12.8 Å². The molecule has 4 aliphatic carbocycles. The lowest BCUT2D eigenvalue weighted by Gasteiger charge is -2.59. The average Bonchev–Trinajstić information content (AvgIpc) is 2.86. The van der Waals surface area contributed by atoms with Gasteiger partial charge in [0.25, 0.3) is 0 Å². The molecule has 0 aromatic heterocycles. The molecule has 0 amide bonds. The highest BCUT2D eigenvalue weighted by molar-refractivity contribution is 5.80. The Balaban J connectivity index is 1.65. The summed E-state index contributed by atoms with van der Waals surface area (Å²) in [5, 5.41) is 11.0. The van der Waals surface area contributed by atoms with Crippen molar-refractivity contribution < 1.29 is 14.6 Å². The fourth-order valence-corrected chi connectivity index (χ4v) is 7.23. The van der Waals surface area contributed by atoms with Crippen LogP contribution in [0.3, 0.4) is 0 Å². The van der Waals surface area contributed by atoms with Crippen LogP contribution in [-0.4, -0.2) is 29.2 Å². The third-order valence-electron chi connectivity index (χ3n) is 8.61. The largest absolute Gasteiger partial charge is 0.377 e. The number of ketones is 1. The van der Waals surface area contributed by atoms with Gasteiger partial charge in [-0.2, -0.15) is 0 Å². The molecule has 0 spiro atoms. The summed E-state index contributed by atoms with van der Waals surface area (Å²) in [6.45, 7) is 2.23. The van der Waals surface area contributed by atoms with E-state index in [0.29, 0.717) is 35.9 Å². The molecule has 4 fully saturated rings. The highest BCUT2D eigenvalue weighted by atomic mass is 16.5. The standard InChI is InChI=1S/C21H30O3/c1-4-21(23)12-9-17-15-8-11-20(24-3)13-14(22)5-6-18(20)16(15)7-10-19(17,21)2/h1,15-18,23H,5-13H2,2-3H3/t15?,16?,17?,18?,19-,20+,21-/m0/s1. The first kappa shape index (κ1) is 16.6. The van der Waals surface area contributed by atoms with Crippen molar-refractivity contribution in [2.75, 3.05) is 7.11 Å². The number of ether oxygens (including phenoxy) is 1. The highest BCUT2D eigenvalue weighted by Gasteiger charge is 2.64. The van der Waals surface area contributed by atoms with Gasteiger partial charge in [0, 0.05) is 25.4 Å². The first-order valence-corrected chi connectivity index (χ1v) is 9.66. The molecule has 0 aromatic carbocycles. The summed E-state index contributed by atoms with van der Waals surface area (Å²) in [5.74, 6) is 5.40. The summed E-state index contributed by atoms with van der Waals surface area (Å²) in [6, 6.07) is 0. The minimum Gasteiger partial charge on any atom is -0.377 e. The Morgan fingerprint density at radius 2 is 1.83 bits per heavy atom. The second-order valence-corrected chi connectivity index (χ2v) is 9.10. The zero-order valence-electron chi connectivity index (χ0n) is 15.0. The molecule has 0 aromatic rings. The molecule has 4 rings (SSSR count). The first-order chi connectivity index (χ1) is 11.4. The second kappa shape index (κ2) is 5.32. The van der Waals surface area contributed by atoms with Crippen molar-refractivity contribution in [2.24, 2.45) is 29.1 Å². The number of rotatable bonds is 1. The SMILES string of the molecule is C#C[C@]1(O)CCC2C3CC[C@@]4(OC)CC(=O)CCC4C3CC[C@@]21C. The van der Waals surface area contributed by atoms with E-state index in [1.807, 2.05) is 0 Å². The quantitative estimate of drug-likeness (QED) is 0.750. The number of carbonyl (C=O) groups is 1. The molecule has 4 saturated carbocycles. The van der Waals surface area contributed by atoms with E-state index in [1.165, 1.54) is 0 Å². The van der Waals surface area contributed by atoms with Crippen LogP contribution in [0.5, 0.6) is 0 Å². The normalized spacial score (nSPS) is 53.7. The third kappa shape index (κ3) is 1.96. The molecule has 4 unspecified atom stereocenters. The van der Waals surface area contributed by atoms with Gasteiger partial charge in [0.15, 0.2) is 0 Å². The lowest BCUT2D eigenvalue weighted by molar-refractivity contribution is -0.179. The fourth-order valence-electron chi connectivity index (χ4n) is 7.23. The van der Waals surface area contributed by atoms with Gasteiger partial charge in [0.2, 0.25) is 0 Å². The van der Waals surface area contributed by atoms with Crippen molar-refractivity contribution in [3.05, 3.63) is 0 Å². The van der Waals surface area contributed by atoms with E-state index in [1.54, 1.807) is 7.11 Å². The van der Waals surface area contributed by atoms with Gasteiger partial charge in [-0.25, -0.2) is 0 Å². The molecule has 0 heterocycles. The number of fused-ring (bicyclic) bond motifs is 5. The van der Waals surface area contributed by atoms with Gasteiger partial charge < -0.3 is 9.84 Å². The molecule has 0 bridgehead atoms. The van der Waals surface area contributed by atoms with Crippen molar-refractivity contribution in [1.82, 2.24) is 0 Å². The van der Waals surface area contributed by atoms with Crippen LogP contribution in [0.25, 0.3) is 0 Å². The molecule has 0 saturated heterocycles. The van der Waals surface area contributed by atoms with E-state index in [-0.39, 0.29) is 11.0 Å². The van der Waals surface area contributed by atoms with Gasteiger partial charge in [-0.15, -0.1) is 6.42 Å². The average molecular weight is 330 g/mol. The smallest absolute Gasteiger partial charge is 0.135 e. The lowest BCUT2D eigenvalue weighted by Crippen LogP contribution is -2.58. The van der Waals surface area contributed by atoms with Crippen LogP contribution in [-0.2, 0) is 9.53 Å². The number of hydrogen-bond acceptors (Lipinski definition) is 3. The number of terminal acetylenes is 1. The van der Waals surface area contributed by atoms with Crippen LogP contribution in [0.4, 0.5) is 0 Å². The molecule has 7 atom stereocenters. The van der Waals surface area contributed by atoms with Crippen molar-refractivity contribution >= 4 is 5.78 Å². The first-order valence-electron chi connectivity index (χ1n) is 9.66. The number of Topliss-reactive ketones (excluding diaryl/α,β-unsaturated/α-hetero) is 1. The van der Waals surface area contributed by atoms with E-state index >= 15 is 0 Å². The van der Waals surface area contributed by atoms with E-state index in [9.17, 15) is 9.90 Å². The van der Waals surface area contributed by atoms with Gasteiger partial charge in [0.05, 0.1) is 5.60 Å². The number of aliphatic hydroxyl groups is 1. The minimum absolute atomic E-state index is 0.138. The summed E-state index contributed by atoms with van der Waals surface area (Å²) in [4.78, 5) is 12.1. The molecule has 0 aliphatic heterocycles. The molecule has 4 aliphatic rings. The summed E-state index contributed by atoms with van der Waals surface area (Å²) in [5.41, 5.74) is -1.29. The Labute approximate surface area is 145 Å². The third-order valence-corrected chi connectivity index (χ3v) is 8.61. The Hall–Kier alpha value is -0.850. The maximum atomic E-state index is 12.1. The van der Waals surface area contributed by atoms with Crippen LogP contribution >= 0.6 is 0 Å². The maximum absolute atomic E-state index is 12.1. The van der Waals surface area contributed by atoms with E-state index < -0.39 is 5.60 Å². The molecule has 3 nitrogen and oxygen atoms in total. The fraction of sp³-hybridized carbons (Fsp3) is 0.857. The van der Waals surface area contributed by atoms with Crippen LogP contribution in [0.1, 0.15) is 64.7 Å². The second-order valence-electron chi connectivity index (χ2n) is 9.10. The van der Waals surface area contributed by atoms with Gasteiger partial charge in [0.1, 0.15) is 11.4 Å². The predicted octanol–water partition coefficient (Wildman–Crippen LogP) is 3.34. The van der Waals surface area contributed by atoms with Crippen LogP contribution < -0.4 is 0 Å². The van der Waals surface area contributed by atoms with Crippen molar-refractivity contribution in [3.63, 3.8) is 0 Å². The Morgan fingerprint density at radius 1 is 1.12 bits per heavy atom. The molecule has 3 heteroatoms. The zero-order valence-corrected chi connectivity index (χ0v) is 15.0. The molecule has 132 valence electrons.